The van der Waals surface area contributed by atoms with Crippen molar-refractivity contribution in [2.45, 2.75) is 6.42 Å². The fourth-order valence-electron chi connectivity index (χ4n) is 3.57. The van der Waals surface area contributed by atoms with Gasteiger partial charge in [0.25, 0.3) is 0 Å². The lowest BCUT2D eigenvalue weighted by atomic mass is 9.96. The van der Waals surface area contributed by atoms with E-state index in [9.17, 15) is 0 Å². The molecule has 1 aliphatic rings. The van der Waals surface area contributed by atoms with Gasteiger partial charge >= 0.3 is 0 Å². The second-order valence-electron chi connectivity index (χ2n) is 5.75. The van der Waals surface area contributed by atoms with Gasteiger partial charge < -0.3 is 0 Å². The van der Waals surface area contributed by atoms with Gasteiger partial charge in [0.05, 0.1) is 0 Å². The van der Waals surface area contributed by atoms with Crippen LogP contribution in [0.5, 0.6) is 0 Å². The average Bonchev–Trinajstić information content (AvgIpc) is 2.92. The van der Waals surface area contributed by atoms with Crippen LogP contribution < -0.4 is 0 Å². The molecular weight excluding hydrogens is 252 g/mol. The SMILES string of the molecule is [c]1cccc2c1Cc1c-2ccc2cc3ccccc3cc12. The van der Waals surface area contributed by atoms with Gasteiger partial charge in [-0.1, -0.05) is 54.6 Å². The van der Waals surface area contributed by atoms with Crippen LogP contribution in [0.4, 0.5) is 0 Å². The molecule has 0 amide bonds. The zero-order valence-corrected chi connectivity index (χ0v) is 11.6. The Hall–Kier alpha value is -2.60. The molecule has 0 fully saturated rings. The number of hydrogen-bond acceptors (Lipinski definition) is 0. The van der Waals surface area contributed by atoms with E-state index in [0.29, 0.717) is 0 Å². The molecule has 0 N–H and O–H groups in total. The van der Waals surface area contributed by atoms with E-state index in [4.69, 9.17) is 0 Å². The molecule has 0 aliphatic heterocycles. The molecule has 97 valence electrons. The lowest BCUT2D eigenvalue weighted by molar-refractivity contribution is 1.28. The molecule has 4 aromatic rings. The predicted octanol–water partition coefficient (Wildman–Crippen LogP) is 5.36. The Balaban J connectivity index is 1.89. The maximum Gasteiger partial charge on any atom is -0.000111 e. The Bertz CT molecular complexity index is 1010. The second kappa shape index (κ2) is 3.95. The lowest BCUT2D eigenvalue weighted by Gasteiger charge is -2.08. The molecule has 21 heavy (non-hydrogen) atoms. The highest BCUT2D eigenvalue weighted by Gasteiger charge is 2.20. The largest absolute Gasteiger partial charge is 0.0616 e. The number of fused-ring (bicyclic) bond motifs is 6. The molecule has 0 aromatic heterocycles. The third-order valence-corrected chi connectivity index (χ3v) is 4.58. The van der Waals surface area contributed by atoms with Crippen LogP contribution in [-0.2, 0) is 6.42 Å². The van der Waals surface area contributed by atoms with E-state index in [1.165, 1.54) is 43.8 Å². The summed E-state index contributed by atoms with van der Waals surface area (Å²) in [6.45, 7) is 0. The molecule has 0 nitrogen and oxygen atoms in total. The van der Waals surface area contributed by atoms with E-state index in [1.54, 1.807) is 0 Å². The molecule has 0 saturated carbocycles. The maximum atomic E-state index is 3.40. The van der Waals surface area contributed by atoms with Gasteiger partial charge in [0.2, 0.25) is 0 Å². The normalized spacial score (nSPS) is 12.6. The van der Waals surface area contributed by atoms with Crippen LogP contribution in [0.1, 0.15) is 11.1 Å². The summed E-state index contributed by atoms with van der Waals surface area (Å²) in [6, 6.07) is 27.5. The summed E-state index contributed by atoms with van der Waals surface area (Å²) in [5, 5.41) is 5.35. The van der Waals surface area contributed by atoms with Crippen molar-refractivity contribution in [1.82, 2.24) is 0 Å². The fourth-order valence-corrected chi connectivity index (χ4v) is 3.57. The zero-order valence-electron chi connectivity index (χ0n) is 11.6. The van der Waals surface area contributed by atoms with E-state index < -0.39 is 0 Å². The van der Waals surface area contributed by atoms with Gasteiger partial charge in [0.1, 0.15) is 0 Å². The minimum absolute atomic E-state index is 1.00. The van der Waals surface area contributed by atoms with E-state index in [-0.39, 0.29) is 0 Å². The highest BCUT2D eigenvalue weighted by molar-refractivity contribution is 6.03. The summed E-state index contributed by atoms with van der Waals surface area (Å²) in [4.78, 5) is 0. The minimum Gasteiger partial charge on any atom is -0.0616 e. The number of hydrogen-bond donors (Lipinski definition) is 0. The van der Waals surface area contributed by atoms with Gasteiger partial charge in [-0.15, -0.1) is 0 Å². The van der Waals surface area contributed by atoms with E-state index in [2.05, 4.69) is 66.7 Å². The first-order valence-corrected chi connectivity index (χ1v) is 7.34. The van der Waals surface area contributed by atoms with Crippen LogP contribution in [0.3, 0.4) is 0 Å². The summed E-state index contributed by atoms with van der Waals surface area (Å²) in [5.74, 6) is 0. The molecule has 4 aromatic carbocycles. The molecule has 0 heteroatoms. The molecule has 1 radical (unpaired) electrons. The van der Waals surface area contributed by atoms with E-state index in [1.807, 2.05) is 6.07 Å². The van der Waals surface area contributed by atoms with Crippen LogP contribution in [0, 0.1) is 6.07 Å². The topological polar surface area (TPSA) is 0 Å². The Kier molecular flexibility index (Phi) is 2.09. The first-order chi connectivity index (χ1) is 10.4. The molecule has 0 heterocycles. The zero-order chi connectivity index (χ0) is 13.8. The molecular formula is C21H13. The molecule has 0 saturated heterocycles. The van der Waals surface area contributed by atoms with Gasteiger partial charge in [-0.05, 0) is 68.4 Å². The summed E-state index contributed by atoms with van der Waals surface area (Å²) >= 11 is 0. The third kappa shape index (κ3) is 1.50. The first-order valence-electron chi connectivity index (χ1n) is 7.34. The van der Waals surface area contributed by atoms with E-state index >= 15 is 0 Å². The Morgan fingerprint density at radius 1 is 0.714 bits per heavy atom. The minimum atomic E-state index is 1.00. The Morgan fingerprint density at radius 3 is 2.48 bits per heavy atom. The number of benzene rings is 4. The first kappa shape index (κ1) is 11.1. The van der Waals surface area contributed by atoms with Crippen molar-refractivity contribution in [2.24, 2.45) is 0 Å². The van der Waals surface area contributed by atoms with Gasteiger partial charge in [0, 0.05) is 0 Å². The number of rotatable bonds is 0. The highest BCUT2D eigenvalue weighted by atomic mass is 14.2. The Labute approximate surface area is 123 Å². The van der Waals surface area contributed by atoms with Crippen LogP contribution in [0.25, 0.3) is 32.7 Å². The van der Waals surface area contributed by atoms with Crippen molar-refractivity contribution < 1.29 is 0 Å². The van der Waals surface area contributed by atoms with Gasteiger partial charge in [-0.25, -0.2) is 0 Å². The van der Waals surface area contributed by atoms with Crippen LogP contribution in [0.15, 0.2) is 66.7 Å². The molecule has 1 aliphatic carbocycles. The van der Waals surface area contributed by atoms with Crippen molar-refractivity contribution in [2.75, 3.05) is 0 Å². The van der Waals surface area contributed by atoms with Crippen LogP contribution >= 0.6 is 0 Å². The lowest BCUT2D eigenvalue weighted by Crippen LogP contribution is -1.85. The Morgan fingerprint density at radius 2 is 1.57 bits per heavy atom. The van der Waals surface area contributed by atoms with Crippen LogP contribution in [0.2, 0.25) is 0 Å². The summed E-state index contributed by atoms with van der Waals surface area (Å²) in [6.07, 6.45) is 1.00. The molecule has 0 bridgehead atoms. The highest BCUT2D eigenvalue weighted by Crippen LogP contribution is 2.40. The molecule has 0 atom stereocenters. The average molecular weight is 265 g/mol. The van der Waals surface area contributed by atoms with Crippen molar-refractivity contribution in [3.8, 4) is 11.1 Å². The quantitative estimate of drug-likeness (QED) is 0.330. The van der Waals surface area contributed by atoms with Crippen LogP contribution in [-0.4, -0.2) is 0 Å². The monoisotopic (exact) mass is 265 g/mol. The fraction of sp³-hybridized carbons (Fsp3) is 0.0476. The van der Waals surface area contributed by atoms with Gasteiger partial charge in [-0.2, -0.15) is 0 Å². The van der Waals surface area contributed by atoms with Crippen molar-refractivity contribution in [1.29, 1.82) is 0 Å². The standard InChI is InChI=1S/C21H13/c1-2-6-15-12-20-17(11-14(15)5-1)9-10-19-18-8-4-3-7-16(18)13-21(19)20/h1-6,8-12H,13H2. The predicted molar refractivity (Wildman–Crippen MR) is 88.5 cm³/mol. The smallest absolute Gasteiger partial charge is 0.000111 e. The summed E-state index contributed by atoms with van der Waals surface area (Å²) in [7, 11) is 0. The third-order valence-electron chi connectivity index (χ3n) is 4.58. The summed E-state index contributed by atoms with van der Waals surface area (Å²) in [5.41, 5.74) is 5.51. The van der Waals surface area contributed by atoms with Crippen molar-refractivity contribution in [3.05, 3.63) is 83.9 Å². The molecule has 5 rings (SSSR count). The van der Waals surface area contributed by atoms with Gasteiger partial charge in [-0.3, -0.25) is 0 Å². The molecule has 0 unspecified atom stereocenters. The second-order valence-corrected chi connectivity index (χ2v) is 5.75. The van der Waals surface area contributed by atoms with Crippen molar-refractivity contribution >= 4 is 21.5 Å². The van der Waals surface area contributed by atoms with E-state index in [0.717, 1.165) is 6.42 Å². The van der Waals surface area contributed by atoms with Crippen molar-refractivity contribution in [3.63, 3.8) is 0 Å². The molecule has 0 spiro atoms. The summed E-state index contributed by atoms with van der Waals surface area (Å²) < 4.78 is 0. The van der Waals surface area contributed by atoms with Gasteiger partial charge in [0.15, 0.2) is 0 Å². The maximum absolute atomic E-state index is 3.40.